The first kappa shape index (κ1) is 20.9. The number of aryl methyl sites for hydroxylation is 1. The van der Waals surface area contributed by atoms with Crippen molar-refractivity contribution in [3.8, 4) is 0 Å². The highest BCUT2D eigenvalue weighted by Crippen LogP contribution is 2.22. The Bertz CT molecular complexity index is 612. The van der Waals surface area contributed by atoms with Gasteiger partial charge in [-0.15, -0.1) is 46.7 Å². The van der Waals surface area contributed by atoms with Gasteiger partial charge in [-0.1, -0.05) is 6.92 Å². The second-order valence-corrected chi connectivity index (χ2v) is 8.45. The van der Waals surface area contributed by atoms with E-state index >= 15 is 0 Å². The molecule has 0 atom stereocenters. The van der Waals surface area contributed by atoms with E-state index in [-0.39, 0.29) is 24.0 Å². The first-order chi connectivity index (χ1) is 10.7. The maximum Gasteiger partial charge on any atom is 0.191 e. The van der Waals surface area contributed by atoms with Gasteiger partial charge in [-0.05, 0) is 40.9 Å². The van der Waals surface area contributed by atoms with Gasteiger partial charge in [-0.3, -0.25) is 4.99 Å². The highest BCUT2D eigenvalue weighted by molar-refractivity contribution is 14.0. The Morgan fingerprint density at radius 2 is 1.91 bits per heavy atom. The van der Waals surface area contributed by atoms with Crippen molar-refractivity contribution < 1.29 is 0 Å². The van der Waals surface area contributed by atoms with Crippen LogP contribution in [-0.4, -0.2) is 31.1 Å². The van der Waals surface area contributed by atoms with E-state index in [0.717, 1.165) is 38.3 Å². The third-order valence-electron chi connectivity index (χ3n) is 3.10. The number of guanidine groups is 1. The van der Waals surface area contributed by atoms with Crippen molar-refractivity contribution in [2.75, 3.05) is 20.1 Å². The zero-order chi connectivity index (χ0) is 15.8. The maximum atomic E-state index is 4.43. The molecule has 2 rings (SSSR count). The highest BCUT2D eigenvalue weighted by atomic mass is 127. The molecule has 0 spiro atoms. The molecule has 23 heavy (non-hydrogen) atoms. The van der Waals surface area contributed by atoms with Gasteiger partial charge in [0.1, 0.15) is 0 Å². The van der Waals surface area contributed by atoms with Crippen LogP contribution in [0, 0.1) is 0 Å². The number of aliphatic imine (C=N–C) groups is 1. The van der Waals surface area contributed by atoms with E-state index in [9.17, 15) is 0 Å². The van der Waals surface area contributed by atoms with E-state index in [2.05, 4.69) is 55.6 Å². The summed E-state index contributed by atoms with van der Waals surface area (Å²) in [6.45, 7) is 3.89. The van der Waals surface area contributed by atoms with E-state index in [1.54, 1.807) is 29.7 Å². The van der Waals surface area contributed by atoms with Gasteiger partial charge in [0.25, 0.3) is 0 Å². The Balaban J connectivity index is 0.00000264. The smallest absolute Gasteiger partial charge is 0.191 e. The van der Waals surface area contributed by atoms with Crippen LogP contribution >= 0.6 is 62.6 Å². The molecule has 0 bridgehead atoms. The zero-order valence-electron chi connectivity index (χ0n) is 13.3. The molecule has 0 saturated carbocycles. The SMILES string of the molecule is CCc1cnc(CCNC(=NC)NCCc2ccc(Br)s2)s1.I. The van der Waals surface area contributed by atoms with Crippen molar-refractivity contribution in [2.45, 2.75) is 26.2 Å². The monoisotopic (exact) mass is 528 g/mol. The number of aromatic nitrogens is 1. The minimum Gasteiger partial charge on any atom is -0.356 e. The molecular formula is C15H22BrIN4S2. The second-order valence-electron chi connectivity index (χ2n) is 4.71. The standard InChI is InChI=1S/C15H21BrN4S2.HI/c1-3-11-10-20-14(22-11)7-9-19-15(17-2)18-8-6-12-4-5-13(16)21-12;/h4-5,10H,3,6-9H2,1-2H3,(H2,17,18,19);1H. The largest absolute Gasteiger partial charge is 0.356 e. The van der Waals surface area contributed by atoms with E-state index in [1.165, 1.54) is 18.5 Å². The van der Waals surface area contributed by atoms with E-state index in [4.69, 9.17) is 0 Å². The van der Waals surface area contributed by atoms with Crippen LogP contribution in [0.15, 0.2) is 27.1 Å². The van der Waals surface area contributed by atoms with E-state index in [0.29, 0.717) is 0 Å². The lowest BCUT2D eigenvalue weighted by Crippen LogP contribution is -2.39. The number of hydrogen-bond acceptors (Lipinski definition) is 4. The summed E-state index contributed by atoms with van der Waals surface area (Å²) in [4.78, 5) is 11.4. The summed E-state index contributed by atoms with van der Waals surface area (Å²) in [6, 6.07) is 4.24. The van der Waals surface area contributed by atoms with Gasteiger partial charge in [-0.2, -0.15) is 0 Å². The Labute approximate surface area is 171 Å². The normalized spacial score (nSPS) is 11.2. The summed E-state index contributed by atoms with van der Waals surface area (Å²) >= 11 is 7.06. The first-order valence-corrected chi connectivity index (χ1v) is 9.76. The third kappa shape index (κ3) is 7.49. The molecule has 8 heteroatoms. The number of halogens is 2. The van der Waals surface area contributed by atoms with Crippen LogP contribution in [-0.2, 0) is 19.3 Å². The summed E-state index contributed by atoms with van der Waals surface area (Å²) in [5.74, 6) is 0.850. The first-order valence-electron chi connectivity index (χ1n) is 7.33. The van der Waals surface area contributed by atoms with E-state index < -0.39 is 0 Å². The summed E-state index contributed by atoms with van der Waals surface area (Å²) in [5, 5.41) is 7.86. The molecule has 2 aromatic heterocycles. The van der Waals surface area contributed by atoms with Crippen molar-refractivity contribution in [3.05, 3.63) is 36.9 Å². The highest BCUT2D eigenvalue weighted by Gasteiger charge is 2.02. The molecule has 0 radical (unpaired) electrons. The van der Waals surface area contributed by atoms with Gasteiger partial charge < -0.3 is 10.6 Å². The molecule has 0 fully saturated rings. The predicted octanol–water partition coefficient (Wildman–Crippen LogP) is 4.10. The third-order valence-corrected chi connectivity index (χ3v) is 5.98. The number of nitrogens with zero attached hydrogens (tertiary/aromatic N) is 2. The summed E-state index contributed by atoms with van der Waals surface area (Å²) in [7, 11) is 1.80. The van der Waals surface area contributed by atoms with Gasteiger partial charge in [0.15, 0.2) is 5.96 Å². The average Bonchev–Trinajstić information content (AvgIpc) is 3.14. The Kier molecular flexibility index (Phi) is 10.3. The molecule has 128 valence electrons. The predicted molar refractivity (Wildman–Crippen MR) is 116 cm³/mol. The van der Waals surface area contributed by atoms with Gasteiger partial charge in [0.2, 0.25) is 0 Å². The number of nitrogens with one attached hydrogen (secondary N) is 2. The topological polar surface area (TPSA) is 49.3 Å². The van der Waals surface area contributed by atoms with Crippen LogP contribution in [0.4, 0.5) is 0 Å². The lowest BCUT2D eigenvalue weighted by atomic mass is 10.3. The molecule has 0 aliphatic heterocycles. The van der Waals surface area contributed by atoms with Crippen molar-refractivity contribution in [1.82, 2.24) is 15.6 Å². The van der Waals surface area contributed by atoms with Crippen molar-refractivity contribution in [2.24, 2.45) is 4.99 Å². The van der Waals surface area contributed by atoms with Gasteiger partial charge >= 0.3 is 0 Å². The zero-order valence-corrected chi connectivity index (χ0v) is 18.8. The lowest BCUT2D eigenvalue weighted by Gasteiger charge is -2.10. The molecule has 2 N–H and O–H groups in total. The van der Waals surface area contributed by atoms with Crippen LogP contribution in [0.1, 0.15) is 21.7 Å². The van der Waals surface area contributed by atoms with Crippen LogP contribution in [0.3, 0.4) is 0 Å². The maximum absolute atomic E-state index is 4.43. The fourth-order valence-corrected chi connectivity index (χ4v) is 4.27. The minimum atomic E-state index is 0. The quantitative estimate of drug-likeness (QED) is 0.323. The molecule has 0 aliphatic rings. The van der Waals surface area contributed by atoms with Gasteiger partial charge in [0, 0.05) is 42.5 Å². The lowest BCUT2D eigenvalue weighted by molar-refractivity contribution is 0.785. The van der Waals surface area contributed by atoms with Crippen LogP contribution in [0.2, 0.25) is 0 Å². The second kappa shape index (κ2) is 11.4. The van der Waals surface area contributed by atoms with Crippen molar-refractivity contribution >= 4 is 68.5 Å². The summed E-state index contributed by atoms with van der Waals surface area (Å²) in [6.07, 6.45) is 4.98. The summed E-state index contributed by atoms with van der Waals surface area (Å²) < 4.78 is 1.18. The molecule has 0 aromatic carbocycles. The van der Waals surface area contributed by atoms with Crippen LogP contribution < -0.4 is 10.6 Å². The average molecular weight is 529 g/mol. The van der Waals surface area contributed by atoms with Gasteiger partial charge in [-0.25, -0.2) is 4.98 Å². The molecular weight excluding hydrogens is 507 g/mol. The Morgan fingerprint density at radius 1 is 1.17 bits per heavy atom. The van der Waals surface area contributed by atoms with Crippen molar-refractivity contribution in [3.63, 3.8) is 0 Å². The van der Waals surface area contributed by atoms with Crippen molar-refractivity contribution in [1.29, 1.82) is 0 Å². The van der Waals surface area contributed by atoms with Crippen LogP contribution in [0.5, 0.6) is 0 Å². The number of thiophene rings is 1. The Hall–Kier alpha value is -0.190. The fourth-order valence-electron chi connectivity index (χ4n) is 1.93. The number of rotatable bonds is 7. The molecule has 0 amide bonds. The van der Waals surface area contributed by atoms with E-state index in [1.807, 2.05) is 6.20 Å². The molecule has 0 unspecified atom stereocenters. The molecule has 0 saturated heterocycles. The summed E-state index contributed by atoms with van der Waals surface area (Å²) in [5.41, 5.74) is 0. The van der Waals surface area contributed by atoms with Crippen LogP contribution in [0.25, 0.3) is 0 Å². The molecule has 2 aromatic rings. The minimum absolute atomic E-state index is 0. The molecule has 4 nitrogen and oxygen atoms in total. The molecule has 0 aliphatic carbocycles. The van der Waals surface area contributed by atoms with Gasteiger partial charge in [0.05, 0.1) is 8.79 Å². The molecule has 2 heterocycles. The fraction of sp³-hybridized carbons (Fsp3) is 0.467. The number of hydrogen-bond donors (Lipinski definition) is 2. The number of thiazole rings is 1. The Morgan fingerprint density at radius 3 is 2.48 bits per heavy atom.